The number of carbonyl (C=O) groups is 1. The molecule has 1 saturated heterocycles. The Morgan fingerprint density at radius 3 is 2.79 bits per heavy atom. The number of likely N-dealkylation sites (tertiary alicyclic amines) is 1. The largest absolute Gasteiger partial charge is 0.334 e. The molecular weight excluding hydrogens is 267 g/mol. The second-order valence-electron chi connectivity index (χ2n) is 5.19. The highest BCUT2D eigenvalue weighted by molar-refractivity contribution is 5.85. The Balaban J connectivity index is 0.00000180. The van der Waals surface area contributed by atoms with Crippen LogP contribution < -0.4 is 5.73 Å². The first kappa shape index (κ1) is 15.9. The zero-order chi connectivity index (χ0) is 13.3. The minimum atomic E-state index is -0.508. The van der Waals surface area contributed by atoms with E-state index in [0.717, 1.165) is 12.0 Å². The zero-order valence-corrected chi connectivity index (χ0v) is 12.0. The van der Waals surface area contributed by atoms with Crippen LogP contribution >= 0.6 is 12.4 Å². The van der Waals surface area contributed by atoms with Crippen molar-refractivity contribution in [2.45, 2.75) is 32.4 Å². The van der Waals surface area contributed by atoms with Crippen LogP contribution in [0.3, 0.4) is 0 Å². The monoisotopic (exact) mass is 286 g/mol. The van der Waals surface area contributed by atoms with Crippen LogP contribution in [0.4, 0.5) is 4.39 Å². The fourth-order valence-corrected chi connectivity index (χ4v) is 2.58. The van der Waals surface area contributed by atoms with Gasteiger partial charge in [0.05, 0.1) is 12.1 Å². The van der Waals surface area contributed by atoms with E-state index in [1.54, 1.807) is 17.9 Å². The quantitative estimate of drug-likeness (QED) is 0.908. The fourth-order valence-electron chi connectivity index (χ4n) is 2.58. The second kappa shape index (κ2) is 6.35. The topological polar surface area (TPSA) is 46.3 Å². The highest BCUT2D eigenvalue weighted by atomic mass is 35.5. The first-order chi connectivity index (χ1) is 8.49. The average Bonchev–Trinajstić information content (AvgIpc) is 2.70. The van der Waals surface area contributed by atoms with Crippen LogP contribution in [-0.4, -0.2) is 23.4 Å². The van der Waals surface area contributed by atoms with E-state index in [4.69, 9.17) is 5.73 Å². The highest BCUT2D eigenvalue weighted by Crippen LogP contribution is 2.35. The molecule has 106 valence electrons. The molecule has 19 heavy (non-hydrogen) atoms. The SMILES string of the molecule is CC1CC(c2cccc(F)c2)N(C(=O)[C@@H](C)N)C1.Cl. The summed E-state index contributed by atoms with van der Waals surface area (Å²) in [5.74, 6) is 0.0924. The van der Waals surface area contributed by atoms with Crippen LogP contribution in [0.5, 0.6) is 0 Å². The first-order valence-electron chi connectivity index (χ1n) is 6.30. The summed E-state index contributed by atoms with van der Waals surface area (Å²) in [6, 6.07) is 5.92. The summed E-state index contributed by atoms with van der Waals surface area (Å²) < 4.78 is 13.3. The molecule has 0 saturated carbocycles. The Labute approximate surface area is 119 Å². The Morgan fingerprint density at radius 1 is 1.53 bits per heavy atom. The molecule has 1 fully saturated rings. The van der Waals surface area contributed by atoms with Gasteiger partial charge in [0.1, 0.15) is 5.82 Å². The molecule has 1 amide bonds. The van der Waals surface area contributed by atoms with Gasteiger partial charge in [-0.1, -0.05) is 19.1 Å². The number of nitrogens with two attached hydrogens (primary N) is 1. The lowest BCUT2D eigenvalue weighted by Gasteiger charge is -2.26. The van der Waals surface area contributed by atoms with Crippen molar-refractivity contribution in [2.75, 3.05) is 6.54 Å². The maximum absolute atomic E-state index is 13.3. The molecule has 3 atom stereocenters. The second-order valence-corrected chi connectivity index (χ2v) is 5.19. The molecule has 3 nitrogen and oxygen atoms in total. The van der Waals surface area contributed by atoms with Crippen LogP contribution in [0.15, 0.2) is 24.3 Å². The molecule has 1 aliphatic heterocycles. The molecule has 0 aromatic heterocycles. The maximum atomic E-state index is 13.3. The highest BCUT2D eigenvalue weighted by Gasteiger charge is 2.35. The smallest absolute Gasteiger partial charge is 0.239 e. The molecule has 1 aromatic carbocycles. The lowest BCUT2D eigenvalue weighted by molar-refractivity contribution is -0.133. The minimum Gasteiger partial charge on any atom is -0.334 e. The van der Waals surface area contributed by atoms with E-state index in [1.165, 1.54) is 12.1 Å². The number of rotatable bonds is 2. The van der Waals surface area contributed by atoms with Crippen LogP contribution in [0.25, 0.3) is 0 Å². The van der Waals surface area contributed by atoms with Gasteiger partial charge in [-0.05, 0) is 37.0 Å². The van der Waals surface area contributed by atoms with E-state index < -0.39 is 6.04 Å². The van der Waals surface area contributed by atoms with Crippen molar-refractivity contribution in [1.29, 1.82) is 0 Å². The van der Waals surface area contributed by atoms with Gasteiger partial charge in [0.15, 0.2) is 0 Å². The van der Waals surface area contributed by atoms with Crippen molar-refractivity contribution >= 4 is 18.3 Å². The van der Waals surface area contributed by atoms with Crippen molar-refractivity contribution in [2.24, 2.45) is 11.7 Å². The third-order valence-corrected chi connectivity index (χ3v) is 3.42. The number of hydrogen-bond acceptors (Lipinski definition) is 2. The molecule has 2 rings (SSSR count). The van der Waals surface area contributed by atoms with Crippen molar-refractivity contribution in [3.05, 3.63) is 35.6 Å². The first-order valence-corrected chi connectivity index (χ1v) is 6.30. The van der Waals surface area contributed by atoms with E-state index in [-0.39, 0.29) is 30.2 Å². The zero-order valence-electron chi connectivity index (χ0n) is 11.2. The van der Waals surface area contributed by atoms with E-state index in [9.17, 15) is 9.18 Å². The lowest BCUT2D eigenvalue weighted by Crippen LogP contribution is -2.41. The predicted octanol–water partition coefficient (Wildman–Crippen LogP) is 2.50. The Hall–Kier alpha value is -1.13. The summed E-state index contributed by atoms with van der Waals surface area (Å²) in [7, 11) is 0. The molecule has 0 spiro atoms. The van der Waals surface area contributed by atoms with E-state index in [2.05, 4.69) is 6.92 Å². The molecule has 0 bridgehead atoms. The average molecular weight is 287 g/mol. The Morgan fingerprint density at radius 2 is 2.21 bits per heavy atom. The summed E-state index contributed by atoms with van der Waals surface area (Å²) in [5, 5.41) is 0. The normalized spacial score (nSPS) is 23.9. The molecule has 1 aliphatic rings. The van der Waals surface area contributed by atoms with Crippen LogP contribution in [0, 0.1) is 11.7 Å². The van der Waals surface area contributed by atoms with Crippen molar-refractivity contribution in [1.82, 2.24) is 4.90 Å². The van der Waals surface area contributed by atoms with Gasteiger partial charge in [-0.25, -0.2) is 4.39 Å². The minimum absolute atomic E-state index is 0. The van der Waals surface area contributed by atoms with Gasteiger partial charge >= 0.3 is 0 Å². The van der Waals surface area contributed by atoms with Gasteiger partial charge in [-0.2, -0.15) is 0 Å². The van der Waals surface area contributed by atoms with Crippen LogP contribution in [0.2, 0.25) is 0 Å². The summed E-state index contributed by atoms with van der Waals surface area (Å²) in [4.78, 5) is 13.8. The molecule has 1 aromatic rings. The van der Waals surface area contributed by atoms with Gasteiger partial charge in [0, 0.05) is 6.54 Å². The Bertz CT molecular complexity index is 453. The van der Waals surface area contributed by atoms with E-state index in [0.29, 0.717) is 12.5 Å². The number of carbonyl (C=O) groups excluding carboxylic acids is 1. The lowest BCUT2D eigenvalue weighted by atomic mass is 10.0. The van der Waals surface area contributed by atoms with E-state index in [1.807, 2.05) is 6.07 Å². The van der Waals surface area contributed by atoms with Gasteiger partial charge in [0.2, 0.25) is 5.91 Å². The predicted molar refractivity (Wildman–Crippen MR) is 75.5 cm³/mol. The number of halogens is 2. The summed E-state index contributed by atoms with van der Waals surface area (Å²) >= 11 is 0. The molecular formula is C14H20ClFN2O. The van der Waals surface area contributed by atoms with Gasteiger partial charge < -0.3 is 10.6 Å². The third kappa shape index (κ3) is 3.45. The molecule has 2 unspecified atom stereocenters. The summed E-state index contributed by atoms with van der Waals surface area (Å²) in [6.07, 6.45) is 0.863. The van der Waals surface area contributed by atoms with Crippen molar-refractivity contribution < 1.29 is 9.18 Å². The number of hydrogen-bond donors (Lipinski definition) is 1. The van der Waals surface area contributed by atoms with Gasteiger partial charge in [-0.3, -0.25) is 4.79 Å². The maximum Gasteiger partial charge on any atom is 0.239 e. The van der Waals surface area contributed by atoms with Crippen LogP contribution in [0.1, 0.15) is 31.9 Å². The van der Waals surface area contributed by atoms with E-state index >= 15 is 0 Å². The molecule has 0 aliphatic carbocycles. The summed E-state index contributed by atoms with van der Waals surface area (Å²) in [6.45, 7) is 4.48. The van der Waals surface area contributed by atoms with Gasteiger partial charge in [-0.15, -0.1) is 12.4 Å². The standard InChI is InChI=1S/C14H19FN2O.ClH/c1-9-6-13(11-4-3-5-12(15)7-11)17(8-9)14(18)10(2)16;/h3-5,7,9-10,13H,6,8,16H2,1-2H3;1H/t9?,10-,13?;/m1./s1. The summed E-state index contributed by atoms with van der Waals surface area (Å²) in [5.41, 5.74) is 6.52. The molecule has 2 N–H and O–H groups in total. The van der Waals surface area contributed by atoms with Crippen molar-refractivity contribution in [3.8, 4) is 0 Å². The number of benzene rings is 1. The molecule has 0 radical (unpaired) electrons. The molecule has 5 heteroatoms. The fraction of sp³-hybridized carbons (Fsp3) is 0.500. The number of amides is 1. The van der Waals surface area contributed by atoms with Crippen LogP contribution in [-0.2, 0) is 4.79 Å². The molecule has 1 heterocycles. The Kier molecular flexibility index (Phi) is 5.32. The number of nitrogens with zero attached hydrogens (tertiary/aromatic N) is 1. The van der Waals surface area contributed by atoms with Gasteiger partial charge in [0.25, 0.3) is 0 Å². The van der Waals surface area contributed by atoms with Crippen molar-refractivity contribution in [3.63, 3.8) is 0 Å². The third-order valence-electron chi connectivity index (χ3n) is 3.42.